The Bertz CT molecular complexity index is 801. The van der Waals surface area contributed by atoms with Crippen LogP contribution in [0.3, 0.4) is 0 Å². The van der Waals surface area contributed by atoms with Gasteiger partial charge in [-0.05, 0) is 48.4 Å². The Morgan fingerprint density at radius 2 is 1.96 bits per heavy atom. The normalized spacial score (nSPS) is 11.5. The summed E-state index contributed by atoms with van der Waals surface area (Å²) in [5.74, 6) is -0.307. The van der Waals surface area contributed by atoms with Crippen molar-refractivity contribution in [2.24, 2.45) is 0 Å². The molecule has 1 aromatic carbocycles. The van der Waals surface area contributed by atoms with E-state index in [9.17, 15) is 13.2 Å². The summed E-state index contributed by atoms with van der Waals surface area (Å²) in [6.07, 6.45) is 7.06. The van der Waals surface area contributed by atoms with Crippen LogP contribution in [-0.2, 0) is 14.8 Å². The SMILES string of the molecule is CCCNS(=O)(=O)c1ccc(NC(=O)/C=C/c2cccnc2)cc1. The van der Waals surface area contributed by atoms with Gasteiger partial charge in [-0.1, -0.05) is 13.0 Å². The van der Waals surface area contributed by atoms with Crippen molar-refractivity contribution >= 4 is 27.7 Å². The third-order valence-corrected chi connectivity index (χ3v) is 4.56. The van der Waals surface area contributed by atoms with Gasteiger partial charge in [0.2, 0.25) is 15.9 Å². The number of amides is 1. The first-order valence-corrected chi connectivity index (χ1v) is 8.98. The summed E-state index contributed by atoms with van der Waals surface area (Å²) in [6.45, 7) is 2.28. The second-order valence-corrected chi connectivity index (χ2v) is 6.80. The number of pyridine rings is 1. The second kappa shape index (κ2) is 8.37. The summed E-state index contributed by atoms with van der Waals surface area (Å²) in [6, 6.07) is 9.63. The van der Waals surface area contributed by atoms with E-state index in [4.69, 9.17) is 0 Å². The van der Waals surface area contributed by atoms with Crippen molar-refractivity contribution in [3.63, 3.8) is 0 Å². The smallest absolute Gasteiger partial charge is 0.248 e. The molecule has 6 nitrogen and oxygen atoms in total. The molecule has 1 amide bonds. The molecule has 0 saturated heterocycles. The number of hydrogen-bond acceptors (Lipinski definition) is 4. The van der Waals surface area contributed by atoms with Crippen LogP contribution in [0.2, 0.25) is 0 Å². The Balaban J connectivity index is 1.99. The number of nitrogens with one attached hydrogen (secondary N) is 2. The molecule has 0 aliphatic heterocycles. The minimum atomic E-state index is -3.50. The van der Waals surface area contributed by atoms with Crippen molar-refractivity contribution < 1.29 is 13.2 Å². The summed E-state index contributed by atoms with van der Waals surface area (Å²) in [5, 5.41) is 2.67. The van der Waals surface area contributed by atoms with E-state index in [2.05, 4.69) is 15.0 Å². The Labute approximate surface area is 141 Å². The molecule has 0 aliphatic carbocycles. The maximum Gasteiger partial charge on any atom is 0.248 e. The zero-order chi connectivity index (χ0) is 17.4. The Hall–Kier alpha value is -2.51. The molecule has 0 bridgehead atoms. The third kappa shape index (κ3) is 5.29. The molecule has 0 radical (unpaired) electrons. The maximum atomic E-state index is 12.0. The number of carbonyl (C=O) groups is 1. The number of hydrogen-bond donors (Lipinski definition) is 2. The van der Waals surface area contributed by atoms with Gasteiger partial charge in [0.05, 0.1) is 4.90 Å². The van der Waals surface area contributed by atoms with Crippen LogP contribution < -0.4 is 10.0 Å². The fraction of sp³-hybridized carbons (Fsp3) is 0.176. The molecular weight excluding hydrogens is 326 g/mol. The molecule has 2 rings (SSSR count). The van der Waals surface area contributed by atoms with E-state index in [1.807, 2.05) is 13.0 Å². The molecule has 24 heavy (non-hydrogen) atoms. The van der Waals surface area contributed by atoms with Crippen molar-refractivity contribution in [1.82, 2.24) is 9.71 Å². The highest BCUT2D eigenvalue weighted by Crippen LogP contribution is 2.14. The lowest BCUT2D eigenvalue weighted by Crippen LogP contribution is -2.24. The van der Waals surface area contributed by atoms with Gasteiger partial charge in [-0.3, -0.25) is 9.78 Å². The van der Waals surface area contributed by atoms with Crippen molar-refractivity contribution in [2.75, 3.05) is 11.9 Å². The average molecular weight is 345 g/mol. The molecule has 0 aliphatic rings. The predicted octanol–water partition coefficient (Wildman–Crippen LogP) is 2.42. The molecule has 0 atom stereocenters. The van der Waals surface area contributed by atoms with Gasteiger partial charge in [0.1, 0.15) is 0 Å². The molecule has 0 spiro atoms. The highest BCUT2D eigenvalue weighted by molar-refractivity contribution is 7.89. The second-order valence-electron chi connectivity index (χ2n) is 5.03. The monoisotopic (exact) mass is 345 g/mol. The number of aromatic nitrogens is 1. The van der Waals surface area contributed by atoms with Crippen LogP contribution in [0.4, 0.5) is 5.69 Å². The lowest BCUT2D eigenvalue weighted by Gasteiger charge is -2.07. The highest BCUT2D eigenvalue weighted by atomic mass is 32.2. The quantitative estimate of drug-likeness (QED) is 0.754. The van der Waals surface area contributed by atoms with Crippen LogP contribution in [-0.4, -0.2) is 25.9 Å². The summed E-state index contributed by atoms with van der Waals surface area (Å²) in [4.78, 5) is 16.0. The van der Waals surface area contributed by atoms with Gasteiger partial charge in [-0.25, -0.2) is 13.1 Å². The fourth-order valence-corrected chi connectivity index (χ4v) is 3.00. The highest BCUT2D eigenvalue weighted by Gasteiger charge is 2.12. The van der Waals surface area contributed by atoms with Gasteiger partial charge in [0.25, 0.3) is 0 Å². The van der Waals surface area contributed by atoms with Crippen molar-refractivity contribution in [2.45, 2.75) is 18.2 Å². The summed E-state index contributed by atoms with van der Waals surface area (Å²) in [7, 11) is -3.50. The Morgan fingerprint density at radius 3 is 2.58 bits per heavy atom. The summed E-state index contributed by atoms with van der Waals surface area (Å²) >= 11 is 0. The van der Waals surface area contributed by atoms with E-state index in [-0.39, 0.29) is 10.8 Å². The van der Waals surface area contributed by atoms with E-state index < -0.39 is 10.0 Å². The standard InChI is InChI=1S/C17H19N3O3S/c1-2-11-19-24(22,23)16-8-6-15(7-9-16)20-17(21)10-5-14-4-3-12-18-13-14/h3-10,12-13,19H,2,11H2,1H3,(H,20,21)/b10-5+. The van der Waals surface area contributed by atoms with E-state index in [0.29, 0.717) is 12.2 Å². The number of nitrogens with zero attached hydrogens (tertiary/aromatic N) is 1. The molecular formula is C17H19N3O3S. The number of sulfonamides is 1. The van der Waals surface area contributed by atoms with E-state index in [0.717, 1.165) is 12.0 Å². The molecule has 2 aromatic rings. The minimum absolute atomic E-state index is 0.167. The molecule has 0 saturated carbocycles. The van der Waals surface area contributed by atoms with Crippen LogP contribution in [0.25, 0.3) is 6.08 Å². The lowest BCUT2D eigenvalue weighted by atomic mass is 10.2. The van der Waals surface area contributed by atoms with Crippen LogP contribution in [0.1, 0.15) is 18.9 Å². The third-order valence-electron chi connectivity index (χ3n) is 3.09. The molecule has 0 fully saturated rings. The lowest BCUT2D eigenvalue weighted by molar-refractivity contribution is -0.111. The van der Waals surface area contributed by atoms with Gasteiger partial charge < -0.3 is 5.32 Å². The van der Waals surface area contributed by atoms with Crippen molar-refractivity contribution in [3.8, 4) is 0 Å². The zero-order valence-corrected chi connectivity index (χ0v) is 14.1. The first kappa shape index (κ1) is 17.8. The topological polar surface area (TPSA) is 88.2 Å². The van der Waals surface area contributed by atoms with Crippen molar-refractivity contribution in [3.05, 3.63) is 60.4 Å². The molecule has 126 valence electrons. The largest absolute Gasteiger partial charge is 0.323 e. The fourth-order valence-electron chi connectivity index (χ4n) is 1.87. The first-order chi connectivity index (χ1) is 11.5. The molecule has 1 aromatic heterocycles. The van der Waals surface area contributed by atoms with E-state index in [1.165, 1.54) is 18.2 Å². The summed E-state index contributed by atoms with van der Waals surface area (Å²) < 4.78 is 26.4. The molecule has 0 unspecified atom stereocenters. The van der Waals surface area contributed by atoms with Gasteiger partial charge in [0, 0.05) is 30.7 Å². The first-order valence-electron chi connectivity index (χ1n) is 7.50. The summed E-state index contributed by atoms with van der Waals surface area (Å²) in [5.41, 5.74) is 1.33. The number of benzene rings is 1. The predicted molar refractivity (Wildman–Crippen MR) is 93.8 cm³/mol. The van der Waals surface area contributed by atoms with Crippen LogP contribution in [0.15, 0.2) is 59.8 Å². The Morgan fingerprint density at radius 1 is 1.21 bits per heavy atom. The number of carbonyl (C=O) groups excluding carboxylic acids is 1. The van der Waals surface area contributed by atoms with Crippen LogP contribution >= 0.6 is 0 Å². The zero-order valence-electron chi connectivity index (χ0n) is 13.3. The number of anilines is 1. The molecule has 2 N–H and O–H groups in total. The van der Waals surface area contributed by atoms with E-state index in [1.54, 1.807) is 36.7 Å². The van der Waals surface area contributed by atoms with Crippen molar-refractivity contribution in [1.29, 1.82) is 0 Å². The maximum absolute atomic E-state index is 12.0. The number of rotatable bonds is 7. The average Bonchev–Trinajstić information content (AvgIpc) is 2.60. The van der Waals surface area contributed by atoms with E-state index >= 15 is 0 Å². The van der Waals surface area contributed by atoms with Gasteiger partial charge in [0.15, 0.2) is 0 Å². The molecule has 1 heterocycles. The van der Waals surface area contributed by atoms with Gasteiger partial charge >= 0.3 is 0 Å². The molecule has 7 heteroatoms. The minimum Gasteiger partial charge on any atom is -0.323 e. The van der Waals surface area contributed by atoms with Gasteiger partial charge in [-0.15, -0.1) is 0 Å². The van der Waals surface area contributed by atoms with Crippen LogP contribution in [0.5, 0.6) is 0 Å². The van der Waals surface area contributed by atoms with Gasteiger partial charge in [-0.2, -0.15) is 0 Å². The van der Waals surface area contributed by atoms with Crippen LogP contribution in [0, 0.1) is 0 Å². The Kier molecular flexibility index (Phi) is 6.22.